The van der Waals surface area contributed by atoms with Crippen molar-refractivity contribution >= 4 is 38.3 Å². The average molecular weight is 348 g/mol. The lowest BCUT2D eigenvalue weighted by Gasteiger charge is -2.08. The fourth-order valence-corrected chi connectivity index (χ4v) is 3.96. The standard InChI is InChI=1S/C25H20N2/c1-3-27-24-11-7-5-9-20(24)21-16-19(13-15-25(21)27)17(2)22-14-12-18-8-4-6-10-23(18)26-22/h4-16H,2-3H2,1H3. The van der Waals surface area contributed by atoms with Gasteiger partial charge in [0.2, 0.25) is 0 Å². The summed E-state index contributed by atoms with van der Waals surface area (Å²) < 4.78 is 2.37. The van der Waals surface area contributed by atoms with Gasteiger partial charge in [0.15, 0.2) is 0 Å². The number of benzene rings is 3. The SMILES string of the molecule is C=C(c1ccc2c(c1)c1ccccc1n2CC)c1ccc2ccccc2n1. The second kappa shape index (κ2) is 6.10. The van der Waals surface area contributed by atoms with Crippen molar-refractivity contribution in [2.45, 2.75) is 13.5 Å². The molecule has 0 atom stereocenters. The van der Waals surface area contributed by atoms with Crippen LogP contribution in [0.3, 0.4) is 0 Å². The van der Waals surface area contributed by atoms with Gasteiger partial charge >= 0.3 is 0 Å². The van der Waals surface area contributed by atoms with Gasteiger partial charge in [-0.25, -0.2) is 4.98 Å². The zero-order chi connectivity index (χ0) is 18.4. The lowest BCUT2D eigenvalue weighted by atomic mass is 10.0. The molecular weight excluding hydrogens is 328 g/mol. The van der Waals surface area contributed by atoms with Crippen molar-refractivity contribution in [2.24, 2.45) is 0 Å². The Morgan fingerprint density at radius 3 is 2.52 bits per heavy atom. The quantitative estimate of drug-likeness (QED) is 0.368. The fraction of sp³-hybridized carbons (Fsp3) is 0.0800. The Kier molecular flexibility index (Phi) is 3.58. The number of rotatable bonds is 3. The minimum Gasteiger partial charge on any atom is -0.341 e. The zero-order valence-electron chi connectivity index (χ0n) is 15.3. The summed E-state index contributed by atoms with van der Waals surface area (Å²) in [7, 11) is 0. The average Bonchev–Trinajstić information content (AvgIpc) is 3.06. The highest BCUT2D eigenvalue weighted by atomic mass is 15.0. The summed E-state index contributed by atoms with van der Waals surface area (Å²) in [5.41, 5.74) is 6.54. The molecule has 0 aliphatic rings. The van der Waals surface area contributed by atoms with Crippen molar-refractivity contribution in [3.63, 3.8) is 0 Å². The first-order valence-corrected chi connectivity index (χ1v) is 9.32. The van der Waals surface area contributed by atoms with Crippen LogP contribution in [0.4, 0.5) is 0 Å². The summed E-state index contributed by atoms with van der Waals surface area (Å²) >= 11 is 0. The lowest BCUT2D eigenvalue weighted by Crippen LogP contribution is -1.94. The first-order chi connectivity index (χ1) is 13.3. The molecule has 2 aromatic heterocycles. The van der Waals surface area contributed by atoms with Crippen LogP contribution in [-0.4, -0.2) is 9.55 Å². The third kappa shape index (κ3) is 2.45. The molecule has 0 fully saturated rings. The summed E-state index contributed by atoms with van der Waals surface area (Å²) in [5, 5.41) is 3.71. The lowest BCUT2D eigenvalue weighted by molar-refractivity contribution is 0.827. The predicted octanol–water partition coefficient (Wildman–Crippen LogP) is 6.42. The van der Waals surface area contributed by atoms with Crippen LogP contribution in [0, 0.1) is 0 Å². The fourth-order valence-electron chi connectivity index (χ4n) is 3.96. The summed E-state index contributed by atoms with van der Waals surface area (Å²) in [4.78, 5) is 4.81. The van der Waals surface area contributed by atoms with E-state index in [1.165, 1.54) is 21.8 Å². The maximum Gasteiger partial charge on any atom is 0.0709 e. The highest BCUT2D eigenvalue weighted by molar-refractivity contribution is 6.09. The molecule has 5 aromatic rings. The summed E-state index contributed by atoms with van der Waals surface area (Å²) in [5.74, 6) is 0. The Labute approximate surface area is 158 Å². The van der Waals surface area contributed by atoms with Crippen LogP contribution < -0.4 is 0 Å². The normalized spacial score (nSPS) is 11.4. The van der Waals surface area contributed by atoms with E-state index in [2.05, 4.69) is 78.7 Å². The van der Waals surface area contributed by atoms with E-state index in [1.807, 2.05) is 18.2 Å². The topological polar surface area (TPSA) is 17.8 Å². The molecule has 2 nitrogen and oxygen atoms in total. The molecule has 0 unspecified atom stereocenters. The molecule has 0 aliphatic heterocycles. The molecule has 5 rings (SSSR count). The van der Waals surface area contributed by atoms with Gasteiger partial charge in [-0.15, -0.1) is 0 Å². The second-order valence-electron chi connectivity index (χ2n) is 6.86. The van der Waals surface area contributed by atoms with Crippen LogP contribution in [0.15, 0.2) is 85.4 Å². The molecule has 0 N–H and O–H groups in total. The molecule has 130 valence electrons. The monoisotopic (exact) mass is 348 g/mol. The van der Waals surface area contributed by atoms with Gasteiger partial charge in [-0.2, -0.15) is 0 Å². The molecule has 0 bridgehead atoms. The Morgan fingerprint density at radius 2 is 1.63 bits per heavy atom. The molecule has 27 heavy (non-hydrogen) atoms. The number of aryl methyl sites for hydroxylation is 1. The third-order valence-corrected chi connectivity index (χ3v) is 5.34. The largest absolute Gasteiger partial charge is 0.341 e. The Balaban J connectivity index is 1.67. The van der Waals surface area contributed by atoms with Gasteiger partial charge in [-0.1, -0.05) is 55.1 Å². The van der Waals surface area contributed by atoms with Gasteiger partial charge in [0.05, 0.1) is 11.2 Å². The number of aromatic nitrogens is 2. The highest BCUT2D eigenvalue weighted by Gasteiger charge is 2.12. The number of hydrogen-bond acceptors (Lipinski definition) is 1. The molecule has 0 spiro atoms. The summed E-state index contributed by atoms with van der Waals surface area (Å²) in [6, 6.07) is 27.6. The van der Waals surface area contributed by atoms with Crippen molar-refractivity contribution < 1.29 is 0 Å². The highest BCUT2D eigenvalue weighted by Crippen LogP contribution is 2.32. The third-order valence-electron chi connectivity index (χ3n) is 5.34. The minimum atomic E-state index is 0.923. The van der Waals surface area contributed by atoms with Gasteiger partial charge < -0.3 is 4.57 Å². The van der Waals surface area contributed by atoms with Crippen molar-refractivity contribution in [2.75, 3.05) is 0 Å². The van der Waals surface area contributed by atoms with Crippen molar-refractivity contribution in [1.82, 2.24) is 9.55 Å². The maximum absolute atomic E-state index is 4.81. The second-order valence-corrected chi connectivity index (χ2v) is 6.86. The van der Waals surface area contributed by atoms with Crippen LogP contribution in [0.1, 0.15) is 18.2 Å². The van der Waals surface area contributed by atoms with E-state index in [0.717, 1.165) is 34.3 Å². The van der Waals surface area contributed by atoms with Crippen LogP contribution in [0.25, 0.3) is 38.3 Å². The smallest absolute Gasteiger partial charge is 0.0709 e. The van der Waals surface area contributed by atoms with Gasteiger partial charge in [-0.05, 0) is 42.8 Å². The van der Waals surface area contributed by atoms with Crippen molar-refractivity contribution in [3.8, 4) is 0 Å². The van der Waals surface area contributed by atoms with E-state index in [4.69, 9.17) is 4.98 Å². The summed E-state index contributed by atoms with van der Waals surface area (Å²) in [6.07, 6.45) is 0. The molecule has 0 aliphatic carbocycles. The van der Waals surface area contributed by atoms with Gasteiger partial charge in [0.1, 0.15) is 0 Å². The molecule has 0 saturated carbocycles. The number of nitrogens with zero attached hydrogens (tertiary/aromatic N) is 2. The molecular formula is C25H20N2. The maximum atomic E-state index is 4.81. The number of para-hydroxylation sites is 2. The Morgan fingerprint density at radius 1 is 0.852 bits per heavy atom. The molecule has 0 radical (unpaired) electrons. The Hall–Kier alpha value is -3.39. The number of pyridine rings is 1. The van der Waals surface area contributed by atoms with E-state index >= 15 is 0 Å². The minimum absolute atomic E-state index is 0.923. The predicted molar refractivity (Wildman–Crippen MR) is 115 cm³/mol. The van der Waals surface area contributed by atoms with E-state index in [1.54, 1.807) is 0 Å². The van der Waals surface area contributed by atoms with Crippen LogP contribution >= 0.6 is 0 Å². The van der Waals surface area contributed by atoms with Gasteiger partial charge in [0.25, 0.3) is 0 Å². The van der Waals surface area contributed by atoms with Crippen LogP contribution in [0.2, 0.25) is 0 Å². The van der Waals surface area contributed by atoms with E-state index < -0.39 is 0 Å². The molecule has 3 aromatic carbocycles. The first-order valence-electron chi connectivity index (χ1n) is 9.32. The number of hydrogen-bond donors (Lipinski definition) is 0. The number of fused-ring (bicyclic) bond motifs is 4. The van der Waals surface area contributed by atoms with E-state index in [-0.39, 0.29) is 0 Å². The van der Waals surface area contributed by atoms with Gasteiger partial charge in [-0.3, -0.25) is 0 Å². The van der Waals surface area contributed by atoms with Gasteiger partial charge in [0, 0.05) is 39.3 Å². The molecule has 0 amide bonds. The van der Waals surface area contributed by atoms with E-state index in [0.29, 0.717) is 0 Å². The molecule has 0 saturated heterocycles. The molecule has 2 heterocycles. The van der Waals surface area contributed by atoms with Crippen molar-refractivity contribution in [3.05, 3.63) is 96.7 Å². The van der Waals surface area contributed by atoms with Crippen LogP contribution in [0.5, 0.6) is 0 Å². The molecule has 2 heteroatoms. The van der Waals surface area contributed by atoms with Crippen molar-refractivity contribution in [1.29, 1.82) is 0 Å². The first kappa shape index (κ1) is 15.8. The Bertz CT molecular complexity index is 1320. The van der Waals surface area contributed by atoms with Crippen LogP contribution in [-0.2, 0) is 6.54 Å². The van der Waals surface area contributed by atoms with E-state index in [9.17, 15) is 0 Å². The summed E-state index contributed by atoms with van der Waals surface area (Å²) in [6.45, 7) is 7.49. The zero-order valence-corrected chi connectivity index (χ0v) is 15.3.